The molecule has 1 aliphatic rings. The zero-order valence-electron chi connectivity index (χ0n) is 11.0. The lowest BCUT2D eigenvalue weighted by molar-refractivity contribution is 0.258. The van der Waals surface area contributed by atoms with E-state index in [1.165, 1.54) is 31.4 Å². The normalized spacial score (nSPS) is 21.2. The minimum atomic E-state index is 0.723. The monoisotopic (exact) mass is 236 g/mol. The molecule has 3 heteroatoms. The van der Waals surface area contributed by atoms with E-state index >= 15 is 0 Å². The highest BCUT2D eigenvalue weighted by atomic mass is 16.3. The second-order valence-corrected chi connectivity index (χ2v) is 5.01. The Kier molecular flexibility index (Phi) is 4.63. The van der Waals surface area contributed by atoms with E-state index in [1.807, 2.05) is 6.26 Å². The fourth-order valence-corrected chi connectivity index (χ4v) is 2.49. The van der Waals surface area contributed by atoms with Gasteiger partial charge >= 0.3 is 0 Å². The van der Waals surface area contributed by atoms with Crippen LogP contribution >= 0.6 is 0 Å². The first-order valence-electron chi connectivity index (χ1n) is 6.81. The Hall–Kier alpha value is -0.800. The number of hydrogen-bond acceptors (Lipinski definition) is 3. The first kappa shape index (κ1) is 12.7. The van der Waals surface area contributed by atoms with Gasteiger partial charge in [0.1, 0.15) is 5.76 Å². The predicted octanol–water partition coefficient (Wildman–Crippen LogP) is 2.76. The Bertz CT molecular complexity index is 335. The van der Waals surface area contributed by atoms with Gasteiger partial charge in [0, 0.05) is 18.2 Å². The van der Waals surface area contributed by atoms with Gasteiger partial charge in [0.15, 0.2) is 0 Å². The van der Waals surface area contributed by atoms with Crippen molar-refractivity contribution in [2.45, 2.75) is 52.2 Å². The van der Waals surface area contributed by atoms with Crippen molar-refractivity contribution in [1.29, 1.82) is 0 Å². The third-order valence-electron chi connectivity index (χ3n) is 3.61. The molecule has 0 amide bonds. The summed E-state index contributed by atoms with van der Waals surface area (Å²) < 4.78 is 5.57. The predicted molar refractivity (Wildman–Crippen MR) is 69.8 cm³/mol. The summed E-state index contributed by atoms with van der Waals surface area (Å²) in [5.74, 6) is 1.11. The van der Waals surface area contributed by atoms with Crippen LogP contribution in [0, 0.1) is 0 Å². The summed E-state index contributed by atoms with van der Waals surface area (Å²) >= 11 is 0. The molecule has 1 aromatic rings. The van der Waals surface area contributed by atoms with Crippen LogP contribution in [0.3, 0.4) is 0 Å². The summed E-state index contributed by atoms with van der Waals surface area (Å²) in [6, 6.07) is 2.84. The molecule has 1 N–H and O–H groups in total. The SMILES string of the molecule is CCCNCc1occc1CN1CCCC1C. The van der Waals surface area contributed by atoms with Gasteiger partial charge in [-0.1, -0.05) is 6.92 Å². The van der Waals surface area contributed by atoms with Crippen molar-refractivity contribution in [1.82, 2.24) is 10.2 Å². The van der Waals surface area contributed by atoms with Crippen molar-refractivity contribution in [3.05, 3.63) is 23.7 Å². The number of hydrogen-bond donors (Lipinski definition) is 1. The average molecular weight is 236 g/mol. The van der Waals surface area contributed by atoms with Gasteiger partial charge in [-0.15, -0.1) is 0 Å². The number of rotatable bonds is 6. The highest BCUT2D eigenvalue weighted by molar-refractivity contribution is 5.17. The van der Waals surface area contributed by atoms with E-state index in [0.717, 1.165) is 31.4 Å². The smallest absolute Gasteiger partial charge is 0.122 e. The lowest BCUT2D eigenvalue weighted by atomic mass is 10.2. The summed E-state index contributed by atoms with van der Waals surface area (Å²) in [5, 5.41) is 3.40. The number of furan rings is 1. The Labute approximate surface area is 104 Å². The van der Waals surface area contributed by atoms with Gasteiger partial charge < -0.3 is 9.73 Å². The molecule has 0 bridgehead atoms. The molecular weight excluding hydrogens is 212 g/mol. The molecular formula is C14H24N2O. The van der Waals surface area contributed by atoms with Crippen LogP contribution in [-0.4, -0.2) is 24.0 Å². The molecule has 96 valence electrons. The van der Waals surface area contributed by atoms with Gasteiger partial charge in [0.05, 0.1) is 12.8 Å². The van der Waals surface area contributed by atoms with Gasteiger partial charge in [-0.05, 0) is 45.3 Å². The summed E-state index contributed by atoms with van der Waals surface area (Å²) in [6.45, 7) is 8.69. The summed E-state index contributed by atoms with van der Waals surface area (Å²) in [5.41, 5.74) is 1.35. The van der Waals surface area contributed by atoms with Crippen LogP contribution in [0.5, 0.6) is 0 Å². The molecule has 0 aliphatic carbocycles. The Morgan fingerprint density at radius 2 is 2.41 bits per heavy atom. The molecule has 2 rings (SSSR count). The fraction of sp³-hybridized carbons (Fsp3) is 0.714. The molecule has 0 saturated carbocycles. The number of nitrogens with one attached hydrogen (secondary N) is 1. The molecule has 1 unspecified atom stereocenters. The van der Waals surface area contributed by atoms with E-state index in [-0.39, 0.29) is 0 Å². The number of nitrogens with zero attached hydrogens (tertiary/aromatic N) is 1. The molecule has 0 radical (unpaired) electrons. The Morgan fingerprint density at radius 1 is 1.53 bits per heavy atom. The van der Waals surface area contributed by atoms with Crippen LogP contribution in [0.1, 0.15) is 44.4 Å². The zero-order valence-corrected chi connectivity index (χ0v) is 11.0. The average Bonchev–Trinajstić information content (AvgIpc) is 2.91. The van der Waals surface area contributed by atoms with E-state index < -0.39 is 0 Å². The molecule has 1 aliphatic heterocycles. The highest BCUT2D eigenvalue weighted by Gasteiger charge is 2.21. The Balaban J connectivity index is 1.89. The summed E-state index contributed by atoms with van der Waals surface area (Å²) in [7, 11) is 0. The molecule has 1 fully saturated rings. The van der Waals surface area contributed by atoms with Crippen LogP contribution < -0.4 is 5.32 Å². The van der Waals surface area contributed by atoms with Gasteiger partial charge in [0.2, 0.25) is 0 Å². The van der Waals surface area contributed by atoms with E-state index in [9.17, 15) is 0 Å². The van der Waals surface area contributed by atoms with Crippen LogP contribution in [0.25, 0.3) is 0 Å². The minimum Gasteiger partial charge on any atom is -0.468 e. The van der Waals surface area contributed by atoms with Gasteiger partial charge in [-0.25, -0.2) is 0 Å². The molecule has 3 nitrogen and oxygen atoms in total. The quantitative estimate of drug-likeness (QED) is 0.770. The molecule has 17 heavy (non-hydrogen) atoms. The second kappa shape index (κ2) is 6.22. The largest absolute Gasteiger partial charge is 0.468 e. The summed E-state index contributed by atoms with van der Waals surface area (Å²) in [4.78, 5) is 2.55. The first-order chi connectivity index (χ1) is 8.31. The van der Waals surface area contributed by atoms with Gasteiger partial charge in [-0.3, -0.25) is 4.90 Å². The lowest BCUT2D eigenvalue weighted by Gasteiger charge is -2.20. The molecule has 2 heterocycles. The van der Waals surface area contributed by atoms with E-state index in [0.29, 0.717) is 0 Å². The van der Waals surface area contributed by atoms with E-state index in [4.69, 9.17) is 4.42 Å². The van der Waals surface area contributed by atoms with Crippen LogP contribution in [-0.2, 0) is 13.1 Å². The molecule has 1 saturated heterocycles. The molecule has 0 aromatic carbocycles. The van der Waals surface area contributed by atoms with Crippen molar-refractivity contribution in [2.75, 3.05) is 13.1 Å². The molecule has 0 spiro atoms. The van der Waals surface area contributed by atoms with E-state index in [1.54, 1.807) is 0 Å². The summed E-state index contributed by atoms with van der Waals surface area (Å²) in [6.07, 6.45) is 5.65. The highest BCUT2D eigenvalue weighted by Crippen LogP contribution is 2.21. The maximum atomic E-state index is 5.57. The standard InChI is InChI=1S/C14H24N2O/c1-3-7-15-10-14-13(6-9-17-14)11-16-8-4-5-12(16)2/h6,9,12,15H,3-5,7-8,10-11H2,1-2H3. The van der Waals surface area contributed by atoms with Gasteiger partial charge in [-0.2, -0.15) is 0 Å². The lowest BCUT2D eigenvalue weighted by Crippen LogP contribution is -2.26. The second-order valence-electron chi connectivity index (χ2n) is 5.01. The van der Waals surface area contributed by atoms with Gasteiger partial charge in [0.25, 0.3) is 0 Å². The third-order valence-corrected chi connectivity index (χ3v) is 3.61. The maximum absolute atomic E-state index is 5.57. The minimum absolute atomic E-state index is 0.723. The third kappa shape index (κ3) is 3.33. The van der Waals surface area contributed by atoms with Crippen molar-refractivity contribution in [3.63, 3.8) is 0 Å². The van der Waals surface area contributed by atoms with Crippen LogP contribution in [0.4, 0.5) is 0 Å². The first-order valence-corrected chi connectivity index (χ1v) is 6.81. The molecule has 1 aromatic heterocycles. The maximum Gasteiger partial charge on any atom is 0.122 e. The topological polar surface area (TPSA) is 28.4 Å². The zero-order chi connectivity index (χ0) is 12.1. The Morgan fingerprint density at radius 3 is 3.12 bits per heavy atom. The van der Waals surface area contributed by atoms with Crippen LogP contribution in [0.15, 0.2) is 16.7 Å². The van der Waals surface area contributed by atoms with Crippen LogP contribution in [0.2, 0.25) is 0 Å². The van der Waals surface area contributed by atoms with Crippen molar-refractivity contribution >= 4 is 0 Å². The van der Waals surface area contributed by atoms with E-state index in [2.05, 4.69) is 30.1 Å². The van der Waals surface area contributed by atoms with Crippen molar-refractivity contribution in [2.24, 2.45) is 0 Å². The van der Waals surface area contributed by atoms with Crippen molar-refractivity contribution in [3.8, 4) is 0 Å². The number of likely N-dealkylation sites (tertiary alicyclic amines) is 1. The molecule has 1 atom stereocenters. The fourth-order valence-electron chi connectivity index (χ4n) is 2.49. The van der Waals surface area contributed by atoms with Crippen molar-refractivity contribution < 1.29 is 4.42 Å².